The van der Waals surface area contributed by atoms with Crippen molar-refractivity contribution in [1.29, 1.82) is 0 Å². The Kier molecular flexibility index (Phi) is 6.25. The van der Waals surface area contributed by atoms with Gasteiger partial charge in [-0.1, -0.05) is 38.3 Å². The molecule has 0 amide bonds. The van der Waals surface area contributed by atoms with Gasteiger partial charge in [-0.25, -0.2) is 4.39 Å². The van der Waals surface area contributed by atoms with Gasteiger partial charge in [-0.05, 0) is 49.7 Å². The van der Waals surface area contributed by atoms with Gasteiger partial charge in [0.05, 0.1) is 5.60 Å². The van der Waals surface area contributed by atoms with E-state index >= 15 is 0 Å². The second-order valence-corrected chi connectivity index (χ2v) is 6.88. The van der Waals surface area contributed by atoms with Crippen LogP contribution in [0.15, 0.2) is 18.2 Å². The summed E-state index contributed by atoms with van der Waals surface area (Å²) >= 11 is 5.99. The van der Waals surface area contributed by atoms with Gasteiger partial charge in [0.1, 0.15) is 5.82 Å². The number of halogens is 2. The third-order valence-corrected chi connectivity index (χ3v) is 5.28. The SMILES string of the molecule is CCN(CC)C[C@@H]1CCCC[C@]1(O)Cc1cc(Cl)ccc1F. The maximum absolute atomic E-state index is 14.0. The molecule has 1 aliphatic rings. The summed E-state index contributed by atoms with van der Waals surface area (Å²) < 4.78 is 14.0. The van der Waals surface area contributed by atoms with Crippen molar-refractivity contribution in [2.24, 2.45) is 5.92 Å². The summed E-state index contributed by atoms with van der Waals surface area (Å²) in [6.45, 7) is 7.12. The van der Waals surface area contributed by atoms with E-state index in [4.69, 9.17) is 11.6 Å². The molecule has 1 aromatic carbocycles. The van der Waals surface area contributed by atoms with Crippen molar-refractivity contribution in [2.45, 2.75) is 51.6 Å². The van der Waals surface area contributed by atoms with Crippen LogP contribution in [-0.2, 0) is 6.42 Å². The molecule has 0 bridgehead atoms. The molecule has 22 heavy (non-hydrogen) atoms. The molecule has 1 N–H and O–H groups in total. The second-order valence-electron chi connectivity index (χ2n) is 6.44. The van der Waals surface area contributed by atoms with Gasteiger partial charge in [-0.3, -0.25) is 0 Å². The summed E-state index contributed by atoms with van der Waals surface area (Å²) in [4.78, 5) is 2.34. The molecule has 2 nitrogen and oxygen atoms in total. The molecule has 0 aromatic heterocycles. The lowest BCUT2D eigenvalue weighted by molar-refractivity contribution is -0.0588. The predicted octanol–water partition coefficient (Wildman–Crippen LogP) is 4.28. The number of aliphatic hydroxyl groups is 1. The third kappa shape index (κ3) is 4.21. The van der Waals surface area contributed by atoms with Gasteiger partial charge in [0.15, 0.2) is 0 Å². The van der Waals surface area contributed by atoms with Crippen molar-refractivity contribution in [3.05, 3.63) is 34.6 Å². The fraction of sp³-hybridized carbons (Fsp3) is 0.667. The number of benzene rings is 1. The Labute approximate surface area is 138 Å². The Morgan fingerprint density at radius 3 is 2.73 bits per heavy atom. The first-order chi connectivity index (χ1) is 10.5. The van der Waals surface area contributed by atoms with Crippen LogP contribution in [0.4, 0.5) is 4.39 Å². The zero-order valence-electron chi connectivity index (χ0n) is 13.6. The van der Waals surface area contributed by atoms with Crippen molar-refractivity contribution >= 4 is 11.6 Å². The molecule has 0 unspecified atom stereocenters. The smallest absolute Gasteiger partial charge is 0.126 e. The van der Waals surface area contributed by atoms with Crippen LogP contribution in [0.25, 0.3) is 0 Å². The van der Waals surface area contributed by atoms with Crippen molar-refractivity contribution in [3.63, 3.8) is 0 Å². The van der Waals surface area contributed by atoms with Crippen molar-refractivity contribution in [2.75, 3.05) is 19.6 Å². The fourth-order valence-corrected chi connectivity index (χ4v) is 3.79. The second kappa shape index (κ2) is 7.76. The molecule has 0 radical (unpaired) electrons. The highest BCUT2D eigenvalue weighted by Crippen LogP contribution is 2.37. The van der Waals surface area contributed by atoms with E-state index < -0.39 is 5.60 Å². The zero-order chi connectivity index (χ0) is 16.2. The van der Waals surface area contributed by atoms with Crippen LogP contribution >= 0.6 is 11.6 Å². The Morgan fingerprint density at radius 1 is 1.32 bits per heavy atom. The summed E-state index contributed by atoms with van der Waals surface area (Å²) in [6.07, 6.45) is 4.26. The topological polar surface area (TPSA) is 23.5 Å². The minimum atomic E-state index is -0.827. The molecule has 0 spiro atoms. The van der Waals surface area contributed by atoms with Crippen LogP contribution in [0.2, 0.25) is 5.02 Å². The lowest BCUT2D eigenvalue weighted by atomic mass is 9.72. The summed E-state index contributed by atoms with van der Waals surface area (Å²) in [7, 11) is 0. The van der Waals surface area contributed by atoms with E-state index in [1.165, 1.54) is 6.07 Å². The van der Waals surface area contributed by atoms with E-state index in [1.807, 2.05) is 0 Å². The molecule has 4 heteroatoms. The normalized spacial score (nSPS) is 25.6. The fourth-order valence-electron chi connectivity index (χ4n) is 3.59. The number of hydrogen-bond donors (Lipinski definition) is 1. The van der Waals surface area contributed by atoms with Gasteiger partial charge in [0.25, 0.3) is 0 Å². The summed E-state index contributed by atoms with van der Waals surface area (Å²) in [5.74, 6) is -0.0791. The molecule has 1 saturated carbocycles. The molecule has 1 aliphatic carbocycles. The molecular formula is C18H27ClFNO. The zero-order valence-corrected chi connectivity index (χ0v) is 14.4. The first-order valence-electron chi connectivity index (χ1n) is 8.37. The van der Waals surface area contributed by atoms with Crippen molar-refractivity contribution in [3.8, 4) is 0 Å². The highest BCUT2D eigenvalue weighted by atomic mass is 35.5. The minimum absolute atomic E-state index is 0.194. The lowest BCUT2D eigenvalue weighted by Crippen LogP contribution is -2.48. The van der Waals surface area contributed by atoms with Crippen molar-refractivity contribution < 1.29 is 9.50 Å². The number of hydrogen-bond acceptors (Lipinski definition) is 2. The van der Waals surface area contributed by atoms with Crippen molar-refractivity contribution in [1.82, 2.24) is 4.90 Å². The maximum atomic E-state index is 14.0. The van der Waals surface area contributed by atoms with Crippen LogP contribution in [0, 0.1) is 11.7 Å². The Hall–Kier alpha value is -0.640. The van der Waals surface area contributed by atoms with E-state index in [-0.39, 0.29) is 11.7 Å². The average Bonchev–Trinajstić information content (AvgIpc) is 2.50. The Balaban J connectivity index is 2.18. The molecule has 0 heterocycles. The first kappa shape index (κ1) is 17.7. The van der Waals surface area contributed by atoms with E-state index in [0.717, 1.165) is 45.3 Å². The monoisotopic (exact) mass is 327 g/mol. The average molecular weight is 328 g/mol. The molecular weight excluding hydrogens is 301 g/mol. The largest absolute Gasteiger partial charge is 0.389 e. The summed E-state index contributed by atoms with van der Waals surface area (Å²) in [5, 5.41) is 11.7. The predicted molar refractivity (Wildman–Crippen MR) is 89.8 cm³/mol. The van der Waals surface area contributed by atoms with E-state index in [1.54, 1.807) is 12.1 Å². The van der Waals surface area contributed by atoms with Gasteiger partial charge in [-0.2, -0.15) is 0 Å². The Bertz CT molecular complexity index is 492. The quantitative estimate of drug-likeness (QED) is 0.842. The van der Waals surface area contributed by atoms with Gasteiger partial charge in [0.2, 0.25) is 0 Å². The summed E-state index contributed by atoms with van der Waals surface area (Å²) in [6, 6.07) is 4.60. The van der Waals surface area contributed by atoms with E-state index in [2.05, 4.69) is 18.7 Å². The molecule has 0 aliphatic heterocycles. The Morgan fingerprint density at radius 2 is 2.05 bits per heavy atom. The van der Waals surface area contributed by atoms with Gasteiger partial charge in [0, 0.05) is 23.9 Å². The number of nitrogens with zero attached hydrogens (tertiary/aromatic N) is 1. The van der Waals surface area contributed by atoms with E-state index in [9.17, 15) is 9.50 Å². The number of rotatable bonds is 6. The minimum Gasteiger partial charge on any atom is -0.389 e. The van der Waals surface area contributed by atoms with E-state index in [0.29, 0.717) is 17.0 Å². The highest BCUT2D eigenvalue weighted by Gasteiger charge is 2.39. The molecule has 2 atom stereocenters. The molecule has 0 saturated heterocycles. The van der Waals surface area contributed by atoms with Gasteiger partial charge in [-0.15, -0.1) is 0 Å². The maximum Gasteiger partial charge on any atom is 0.126 e. The molecule has 124 valence electrons. The standard InChI is InChI=1S/C18H27ClFNO/c1-3-21(4-2)13-15-7-5-6-10-18(15,22)12-14-11-16(19)8-9-17(14)20/h8-9,11,15,22H,3-7,10,12-13H2,1-2H3/t15-,18-/m0/s1. The van der Waals surface area contributed by atoms with Crippen LogP contribution in [0.5, 0.6) is 0 Å². The first-order valence-corrected chi connectivity index (χ1v) is 8.75. The van der Waals surface area contributed by atoms with Crippen LogP contribution in [-0.4, -0.2) is 35.2 Å². The van der Waals surface area contributed by atoms with Crippen LogP contribution in [0.3, 0.4) is 0 Å². The third-order valence-electron chi connectivity index (χ3n) is 5.05. The molecule has 2 rings (SSSR count). The molecule has 1 fully saturated rings. The van der Waals surface area contributed by atoms with Gasteiger partial charge < -0.3 is 10.0 Å². The van der Waals surface area contributed by atoms with Gasteiger partial charge >= 0.3 is 0 Å². The lowest BCUT2D eigenvalue weighted by Gasteiger charge is -2.42. The summed E-state index contributed by atoms with van der Waals surface area (Å²) in [5.41, 5.74) is -0.298. The highest BCUT2D eigenvalue weighted by molar-refractivity contribution is 6.30. The molecule has 1 aromatic rings. The van der Waals surface area contributed by atoms with Crippen LogP contribution < -0.4 is 0 Å². The van der Waals surface area contributed by atoms with Crippen LogP contribution in [0.1, 0.15) is 45.1 Å².